The Kier molecular flexibility index (Phi) is 7.86. The number of hydrazone groups is 1. The Bertz CT molecular complexity index is 1180. The molecule has 33 heavy (non-hydrogen) atoms. The largest absolute Gasteiger partial charge is 0.493 e. The van der Waals surface area contributed by atoms with Gasteiger partial charge in [-0.25, -0.2) is 5.01 Å². The smallest absolute Gasteiger partial charge is 0.174 e. The summed E-state index contributed by atoms with van der Waals surface area (Å²) in [5.74, 6) is 1.36. The Labute approximate surface area is 212 Å². The molecule has 0 aliphatic rings. The summed E-state index contributed by atoms with van der Waals surface area (Å²) in [6.07, 6.45) is 1.83. The lowest BCUT2D eigenvalue weighted by atomic mass is 10.2. The third-order valence-corrected chi connectivity index (χ3v) is 5.93. The van der Waals surface area contributed by atoms with E-state index in [2.05, 4.69) is 22.6 Å². The topological polar surface area (TPSA) is 34.1 Å². The van der Waals surface area contributed by atoms with E-state index >= 15 is 0 Å². The van der Waals surface area contributed by atoms with Gasteiger partial charge >= 0.3 is 0 Å². The van der Waals surface area contributed by atoms with Crippen LogP contribution in [0.25, 0.3) is 0 Å². The molecule has 166 valence electrons. The van der Waals surface area contributed by atoms with E-state index in [0.29, 0.717) is 23.1 Å². The second-order valence-corrected chi connectivity index (χ2v) is 8.78. The number of methoxy groups -OCH3 is 1. The zero-order chi connectivity index (χ0) is 23.0. The Morgan fingerprint density at radius 2 is 1.48 bits per heavy atom. The van der Waals surface area contributed by atoms with E-state index in [0.717, 1.165) is 26.1 Å². The summed E-state index contributed by atoms with van der Waals surface area (Å²) in [5, 5.41) is 7.39. The van der Waals surface area contributed by atoms with Crippen LogP contribution in [0.1, 0.15) is 11.1 Å². The van der Waals surface area contributed by atoms with Crippen molar-refractivity contribution in [2.24, 2.45) is 5.10 Å². The van der Waals surface area contributed by atoms with Gasteiger partial charge in [-0.3, -0.25) is 0 Å². The minimum absolute atomic E-state index is 0.423. The maximum absolute atomic E-state index is 6.07. The van der Waals surface area contributed by atoms with Gasteiger partial charge in [0.2, 0.25) is 0 Å². The molecule has 0 heterocycles. The van der Waals surface area contributed by atoms with E-state index in [-0.39, 0.29) is 0 Å². The predicted octanol–water partition coefficient (Wildman–Crippen LogP) is 7.70. The van der Waals surface area contributed by atoms with Gasteiger partial charge in [-0.15, -0.1) is 0 Å². The Morgan fingerprint density at radius 3 is 2.06 bits per heavy atom. The minimum Gasteiger partial charge on any atom is -0.493 e. The summed E-state index contributed by atoms with van der Waals surface area (Å²) in [6, 6.07) is 31.7. The number of rotatable bonds is 8. The fourth-order valence-electron chi connectivity index (χ4n) is 3.24. The van der Waals surface area contributed by atoms with Crippen molar-refractivity contribution in [2.75, 3.05) is 12.1 Å². The van der Waals surface area contributed by atoms with Crippen LogP contribution in [-0.4, -0.2) is 13.3 Å². The molecule has 0 spiro atoms. The Morgan fingerprint density at radius 1 is 0.879 bits per heavy atom. The number of hydrogen-bond acceptors (Lipinski definition) is 4. The third kappa shape index (κ3) is 6.06. The van der Waals surface area contributed by atoms with Gasteiger partial charge in [-0.1, -0.05) is 60.1 Å². The summed E-state index contributed by atoms with van der Waals surface area (Å²) in [4.78, 5) is 0. The highest BCUT2D eigenvalue weighted by Crippen LogP contribution is 2.34. The molecular weight excluding hydrogens is 547 g/mol. The first-order valence-electron chi connectivity index (χ1n) is 10.3. The fraction of sp³-hybridized carbons (Fsp3) is 0.0741. The maximum atomic E-state index is 6.07. The number of anilines is 2. The Hall–Kier alpha value is -3.03. The van der Waals surface area contributed by atoms with E-state index in [1.54, 1.807) is 7.11 Å². The minimum atomic E-state index is 0.423. The van der Waals surface area contributed by atoms with Crippen molar-refractivity contribution in [3.05, 3.63) is 117 Å². The molecule has 0 saturated heterocycles. The number of para-hydroxylation sites is 2. The van der Waals surface area contributed by atoms with Crippen LogP contribution < -0.4 is 14.5 Å². The first-order chi connectivity index (χ1) is 16.1. The lowest BCUT2D eigenvalue weighted by molar-refractivity contribution is 0.282. The second kappa shape index (κ2) is 11.2. The summed E-state index contributed by atoms with van der Waals surface area (Å²) in [6.45, 7) is 0.423. The van der Waals surface area contributed by atoms with E-state index < -0.39 is 0 Å². The average Bonchev–Trinajstić information content (AvgIpc) is 2.85. The number of hydrogen-bond donors (Lipinski definition) is 0. The molecule has 0 N–H and O–H groups in total. The molecule has 0 atom stereocenters. The van der Waals surface area contributed by atoms with Crippen molar-refractivity contribution in [3.8, 4) is 11.5 Å². The van der Waals surface area contributed by atoms with Gasteiger partial charge in [0.1, 0.15) is 6.61 Å². The van der Waals surface area contributed by atoms with Crippen molar-refractivity contribution >= 4 is 51.8 Å². The fourth-order valence-corrected chi connectivity index (χ4v) is 4.14. The molecule has 0 amide bonds. The first-order valence-corrected chi connectivity index (χ1v) is 11.8. The van der Waals surface area contributed by atoms with E-state index in [4.69, 9.17) is 26.2 Å². The molecular formula is C27H22ClIN2O2. The van der Waals surface area contributed by atoms with Crippen LogP contribution in [0.4, 0.5) is 11.4 Å². The molecule has 4 aromatic rings. The highest BCUT2D eigenvalue weighted by atomic mass is 127. The number of halogens is 2. The lowest BCUT2D eigenvalue weighted by Gasteiger charge is -2.19. The molecule has 4 aromatic carbocycles. The van der Waals surface area contributed by atoms with Crippen molar-refractivity contribution in [1.29, 1.82) is 0 Å². The number of ether oxygens (including phenoxy) is 2. The van der Waals surface area contributed by atoms with Crippen LogP contribution in [-0.2, 0) is 6.61 Å². The van der Waals surface area contributed by atoms with Gasteiger partial charge in [0.15, 0.2) is 11.5 Å². The van der Waals surface area contributed by atoms with Gasteiger partial charge in [-0.2, -0.15) is 5.10 Å². The molecule has 0 unspecified atom stereocenters. The van der Waals surface area contributed by atoms with E-state index in [9.17, 15) is 0 Å². The normalized spacial score (nSPS) is 10.9. The van der Waals surface area contributed by atoms with Gasteiger partial charge in [0, 0.05) is 5.02 Å². The highest BCUT2D eigenvalue weighted by molar-refractivity contribution is 14.1. The van der Waals surface area contributed by atoms with Crippen molar-refractivity contribution in [2.45, 2.75) is 6.61 Å². The summed E-state index contributed by atoms with van der Waals surface area (Å²) in [7, 11) is 1.64. The van der Waals surface area contributed by atoms with Gasteiger partial charge in [0.25, 0.3) is 0 Å². The zero-order valence-electron chi connectivity index (χ0n) is 18.0. The molecule has 0 bridgehead atoms. The highest BCUT2D eigenvalue weighted by Gasteiger charge is 2.12. The summed E-state index contributed by atoms with van der Waals surface area (Å²) in [5.41, 5.74) is 3.89. The predicted molar refractivity (Wildman–Crippen MR) is 144 cm³/mol. The average molecular weight is 569 g/mol. The molecule has 0 fully saturated rings. The van der Waals surface area contributed by atoms with Crippen LogP contribution in [0, 0.1) is 3.57 Å². The van der Waals surface area contributed by atoms with E-state index in [1.807, 2.05) is 108 Å². The number of nitrogens with zero attached hydrogens (tertiary/aromatic N) is 2. The van der Waals surface area contributed by atoms with Crippen LogP contribution in [0.3, 0.4) is 0 Å². The second-order valence-electron chi connectivity index (χ2n) is 7.18. The molecule has 0 aliphatic carbocycles. The first kappa shape index (κ1) is 23.1. The van der Waals surface area contributed by atoms with Crippen LogP contribution in [0.5, 0.6) is 11.5 Å². The summed E-state index contributed by atoms with van der Waals surface area (Å²) >= 11 is 8.23. The van der Waals surface area contributed by atoms with Crippen molar-refractivity contribution in [3.63, 3.8) is 0 Å². The molecule has 6 heteroatoms. The Balaban J connectivity index is 1.59. The lowest BCUT2D eigenvalue weighted by Crippen LogP contribution is -2.09. The van der Waals surface area contributed by atoms with Gasteiger partial charge in [-0.05, 0) is 82.2 Å². The maximum Gasteiger partial charge on any atom is 0.174 e. The SMILES string of the molecule is COc1cc(/C=N\N(c2ccccc2)c2ccccc2)cc(I)c1OCc1ccc(Cl)cc1. The molecule has 0 radical (unpaired) electrons. The van der Waals surface area contributed by atoms with Crippen LogP contribution >= 0.6 is 34.2 Å². The molecule has 0 aliphatic heterocycles. The van der Waals surface area contributed by atoms with Crippen molar-refractivity contribution < 1.29 is 9.47 Å². The molecule has 0 aromatic heterocycles. The van der Waals surface area contributed by atoms with Crippen LogP contribution in [0.2, 0.25) is 5.02 Å². The number of benzene rings is 4. The van der Waals surface area contributed by atoms with E-state index in [1.165, 1.54) is 0 Å². The molecule has 4 nitrogen and oxygen atoms in total. The van der Waals surface area contributed by atoms with Crippen molar-refractivity contribution in [1.82, 2.24) is 0 Å². The standard InChI is InChI=1S/C27H22ClIN2O2/c1-32-26-17-21(16-25(29)27(26)33-19-20-12-14-22(28)15-13-20)18-30-31(23-8-4-2-5-9-23)24-10-6-3-7-11-24/h2-18H,19H2,1H3/b30-18-. The van der Waals surface area contributed by atoms with Gasteiger partial charge in [0.05, 0.1) is 28.3 Å². The molecule has 0 saturated carbocycles. The molecule has 4 rings (SSSR count). The third-order valence-electron chi connectivity index (χ3n) is 4.87. The summed E-state index contributed by atoms with van der Waals surface area (Å²) < 4.78 is 12.6. The monoisotopic (exact) mass is 568 g/mol. The quantitative estimate of drug-likeness (QED) is 0.124. The van der Waals surface area contributed by atoms with Gasteiger partial charge < -0.3 is 9.47 Å². The van der Waals surface area contributed by atoms with Crippen LogP contribution in [0.15, 0.2) is 102 Å². The zero-order valence-corrected chi connectivity index (χ0v) is 20.9.